The number of rotatable bonds is 0. The molecule has 23 heavy (non-hydrogen) atoms. The van der Waals surface area contributed by atoms with Crippen LogP contribution in [-0.2, 0) is 0 Å². The van der Waals surface area contributed by atoms with Crippen LogP contribution < -0.4 is 25.9 Å². The Morgan fingerprint density at radius 1 is 1.04 bits per heavy atom. The summed E-state index contributed by atoms with van der Waals surface area (Å²) < 4.78 is 21.0. The molecule has 2 atom stereocenters. The first-order chi connectivity index (χ1) is 11.1. The summed E-state index contributed by atoms with van der Waals surface area (Å²) >= 11 is 0. The van der Waals surface area contributed by atoms with Crippen molar-refractivity contribution in [2.24, 2.45) is 0 Å². The van der Waals surface area contributed by atoms with Gasteiger partial charge in [0.25, 0.3) is 0 Å². The molecule has 2 aliphatic rings. The van der Waals surface area contributed by atoms with E-state index in [1.807, 2.05) is 0 Å². The molecule has 1 aliphatic heterocycles. The van der Waals surface area contributed by atoms with E-state index >= 15 is 0 Å². The zero-order chi connectivity index (χ0) is 15.9. The maximum absolute atomic E-state index is 12.3. The van der Waals surface area contributed by atoms with Gasteiger partial charge in [-0.25, -0.2) is 9.59 Å². The van der Waals surface area contributed by atoms with Gasteiger partial charge in [0.05, 0.1) is 10.6 Å². The van der Waals surface area contributed by atoms with Crippen LogP contribution in [0.4, 0.5) is 0 Å². The molecule has 0 bridgehead atoms. The fourth-order valence-electron chi connectivity index (χ4n) is 3.14. The van der Waals surface area contributed by atoms with Crippen molar-refractivity contribution in [1.29, 1.82) is 0 Å². The van der Waals surface area contributed by atoms with Crippen molar-refractivity contribution in [3.05, 3.63) is 37.9 Å². The predicted octanol–water partition coefficient (Wildman–Crippen LogP) is -0.465. The zero-order valence-corrected chi connectivity index (χ0v) is 11.4. The molecule has 0 saturated carbocycles. The largest absolute Gasteiger partial charge is 0.453 e. The lowest BCUT2D eigenvalue weighted by Crippen LogP contribution is -2.34. The quantitative estimate of drug-likeness (QED) is 0.534. The van der Waals surface area contributed by atoms with E-state index in [0.29, 0.717) is 5.39 Å². The molecule has 0 fully saturated rings. The van der Waals surface area contributed by atoms with Crippen LogP contribution in [0.2, 0.25) is 0 Å². The molecule has 1 aliphatic carbocycles. The van der Waals surface area contributed by atoms with Crippen molar-refractivity contribution in [2.75, 3.05) is 6.79 Å². The lowest BCUT2D eigenvalue weighted by Gasteiger charge is -2.20. The van der Waals surface area contributed by atoms with Crippen molar-refractivity contribution < 1.29 is 28.5 Å². The third-order valence-corrected chi connectivity index (χ3v) is 4.15. The Labute approximate surface area is 125 Å². The first-order valence-corrected chi connectivity index (χ1v) is 6.80. The SMILES string of the molecule is O=c1oc2c3c(cc4c(=O)oc5c(c1=CC(O)C5O)c24)OCO3. The van der Waals surface area contributed by atoms with Gasteiger partial charge in [-0.2, -0.15) is 0 Å². The fourth-order valence-corrected chi connectivity index (χ4v) is 3.14. The molecule has 2 unspecified atom stereocenters. The van der Waals surface area contributed by atoms with Gasteiger partial charge in [0, 0.05) is 10.8 Å². The summed E-state index contributed by atoms with van der Waals surface area (Å²) in [5.74, 6) is 0.332. The molecule has 0 amide bonds. The van der Waals surface area contributed by atoms with Gasteiger partial charge in [0.15, 0.2) is 11.3 Å². The van der Waals surface area contributed by atoms with Crippen LogP contribution in [0.15, 0.2) is 24.5 Å². The van der Waals surface area contributed by atoms with E-state index in [0.717, 1.165) is 0 Å². The van der Waals surface area contributed by atoms with Crippen LogP contribution in [0.25, 0.3) is 27.8 Å². The Morgan fingerprint density at radius 2 is 1.87 bits per heavy atom. The van der Waals surface area contributed by atoms with Crippen molar-refractivity contribution in [2.45, 2.75) is 12.2 Å². The van der Waals surface area contributed by atoms with Crippen LogP contribution >= 0.6 is 0 Å². The highest BCUT2D eigenvalue weighted by Crippen LogP contribution is 2.43. The molecule has 2 N–H and O–H groups in total. The van der Waals surface area contributed by atoms with Gasteiger partial charge >= 0.3 is 11.3 Å². The molecule has 8 heteroatoms. The van der Waals surface area contributed by atoms with Crippen LogP contribution in [0.3, 0.4) is 0 Å². The number of hydrogen-bond donors (Lipinski definition) is 2. The van der Waals surface area contributed by atoms with E-state index in [9.17, 15) is 19.8 Å². The van der Waals surface area contributed by atoms with Crippen molar-refractivity contribution >= 4 is 27.8 Å². The molecule has 2 aromatic heterocycles. The van der Waals surface area contributed by atoms with E-state index in [-0.39, 0.29) is 45.6 Å². The lowest BCUT2D eigenvalue weighted by atomic mass is 9.95. The summed E-state index contributed by atoms with van der Waals surface area (Å²) in [6.07, 6.45) is -1.64. The van der Waals surface area contributed by atoms with E-state index in [1.54, 1.807) is 0 Å². The molecule has 0 saturated heterocycles. The van der Waals surface area contributed by atoms with Gasteiger partial charge in [-0.3, -0.25) is 0 Å². The Bertz CT molecular complexity index is 1170. The standard InChI is InChI=1S/C15H8O8/c16-6-1-4-8-9-5(15(19)22-12(8)10(6)17)2-7-11(21-3-20-7)13(9)23-14(4)18/h1-2,6,10,16-17H,3H2. The van der Waals surface area contributed by atoms with Gasteiger partial charge in [0.2, 0.25) is 12.5 Å². The fraction of sp³-hybridized carbons (Fsp3) is 0.200. The molecule has 3 aromatic rings. The van der Waals surface area contributed by atoms with Gasteiger partial charge in [-0.05, 0) is 12.1 Å². The van der Waals surface area contributed by atoms with Crippen LogP contribution in [0.1, 0.15) is 11.9 Å². The summed E-state index contributed by atoms with van der Waals surface area (Å²) in [5.41, 5.74) is -1.41. The second-order valence-electron chi connectivity index (χ2n) is 5.40. The summed E-state index contributed by atoms with van der Waals surface area (Å²) in [6.45, 7) is -0.0617. The summed E-state index contributed by atoms with van der Waals surface area (Å²) in [7, 11) is 0. The molecular weight excluding hydrogens is 308 g/mol. The topological polar surface area (TPSA) is 119 Å². The molecule has 5 rings (SSSR count). The molecular formula is C15H8O8. The number of aliphatic hydroxyl groups excluding tert-OH is 2. The molecule has 3 heterocycles. The Balaban J connectivity index is 2.18. The average molecular weight is 316 g/mol. The molecule has 116 valence electrons. The molecule has 0 radical (unpaired) electrons. The van der Waals surface area contributed by atoms with E-state index in [2.05, 4.69) is 0 Å². The van der Waals surface area contributed by atoms with Crippen LogP contribution in [-0.4, -0.2) is 23.1 Å². The molecule has 1 aromatic carbocycles. The number of fused-ring (bicyclic) bond motifs is 2. The summed E-state index contributed by atoms with van der Waals surface area (Å²) in [5, 5.41) is 20.7. The first kappa shape index (κ1) is 12.7. The Hall–Kier alpha value is -2.84. The van der Waals surface area contributed by atoms with Gasteiger partial charge in [0.1, 0.15) is 18.0 Å². The highest BCUT2D eigenvalue weighted by Gasteiger charge is 2.32. The molecule has 8 nitrogen and oxygen atoms in total. The maximum atomic E-state index is 12.3. The summed E-state index contributed by atoms with van der Waals surface area (Å²) in [6, 6.07) is 1.45. The lowest BCUT2D eigenvalue weighted by molar-refractivity contribution is 0.0399. The first-order valence-electron chi connectivity index (χ1n) is 6.80. The second-order valence-corrected chi connectivity index (χ2v) is 5.40. The number of ether oxygens (including phenoxy) is 2. The smallest absolute Gasteiger partial charge is 0.344 e. The van der Waals surface area contributed by atoms with E-state index in [1.165, 1.54) is 12.1 Å². The molecule has 0 spiro atoms. The number of aliphatic hydroxyl groups is 2. The minimum Gasteiger partial charge on any atom is -0.453 e. The monoisotopic (exact) mass is 316 g/mol. The van der Waals surface area contributed by atoms with Gasteiger partial charge < -0.3 is 28.5 Å². The van der Waals surface area contributed by atoms with Crippen LogP contribution in [0, 0.1) is 0 Å². The predicted molar refractivity (Wildman–Crippen MR) is 75.3 cm³/mol. The van der Waals surface area contributed by atoms with Crippen molar-refractivity contribution in [3.8, 4) is 11.5 Å². The summed E-state index contributed by atoms with van der Waals surface area (Å²) in [4.78, 5) is 24.5. The van der Waals surface area contributed by atoms with Crippen molar-refractivity contribution in [1.82, 2.24) is 0 Å². The number of hydrogen-bond acceptors (Lipinski definition) is 8. The zero-order valence-electron chi connectivity index (χ0n) is 11.4. The maximum Gasteiger partial charge on any atom is 0.344 e. The van der Waals surface area contributed by atoms with Crippen molar-refractivity contribution in [3.63, 3.8) is 0 Å². The third kappa shape index (κ3) is 1.41. The highest BCUT2D eigenvalue weighted by molar-refractivity contribution is 6.11. The highest BCUT2D eigenvalue weighted by atomic mass is 16.7. The van der Waals surface area contributed by atoms with Gasteiger partial charge in [-0.15, -0.1) is 0 Å². The van der Waals surface area contributed by atoms with E-state index < -0.39 is 23.5 Å². The Morgan fingerprint density at radius 3 is 2.70 bits per heavy atom. The number of benzene rings is 1. The Kier molecular flexibility index (Phi) is 2.16. The van der Waals surface area contributed by atoms with Crippen LogP contribution in [0.5, 0.6) is 11.5 Å². The average Bonchev–Trinajstić information content (AvgIpc) is 2.99. The third-order valence-electron chi connectivity index (χ3n) is 4.15. The van der Waals surface area contributed by atoms with E-state index in [4.69, 9.17) is 18.3 Å². The minimum absolute atomic E-state index is 0.0397. The van der Waals surface area contributed by atoms with Gasteiger partial charge in [-0.1, -0.05) is 0 Å². The minimum atomic E-state index is -1.45. The normalized spacial score (nSPS) is 21.8. The second kappa shape index (κ2) is 3.92.